The van der Waals surface area contributed by atoms with Crippen LogP contribution in [-0.4, -0.2) is 31.1 Å². The maximum Gasteiger partial charge on any atom is 0.0670 e. The van der Waals surface area contributed by atoms with Crippen molar-refractivity contribution in [2.24, 2.45) is 0 Å². The van der Waals surface area contributed by atoms with Gasteiger partial charge in [0.25, 0.3) is 0 Å². The summed E-state index contributed by atoms with van der Waals surface area (Å²) in [5.41, 5.74) is 18.7. The van der Waals surface area contributed by atoms with Crippen LogP contribution >= 0.6 is 11.6 Å². The predicted molar refractivity (Wildman–Crippen MR) is 133 cm³/mol. The van der Waals surface area contributed by atoms with Crippen molar-refractivity contribution in [1.82, 2.24) is 4.90 Å². The number of aryl methyl sites for hydroxylation is 1. The molecule has 3 aromatic carbocycles. The largest absolute Gasteiger partial charge is 0.399 e. The van der Waals surface area contributed by atoms with E-state index in [2.05, 4.69) is 53.1 Å². The van der Waals surface area contributed by atoms with Crippen LogP contribution in [0.5, 0.6) is 0 Å². The minimum Gasteiger partial charge on any atom is -0.399 e. The second-order valence-electron chi connectivity index (χ2n) is 8.29. The Morgan fingerprint density at radius 2 is 1.61 bits per heavy atom. The molecule has 0 spiro atoms. The number of anilines is 3. The molecule has 1 saturated heterocycles. The van der Waals surface area contributed by atoms with E-state index in [9.17, 15) is 0 Å². The van der Waals surface area contributed by atoms with Gasteiger partial charge in [-0.25, -0.2) is 0 Å². The number of nitrogens with two attached hydrogens (primary N) is 2. The number of piperazine rings is 1. The van der Waals surface area contributed by atoms with Crippen molar-refractivity contribution in [2.75, 3.05) is 42.5 Å². The van der Waals surface area contributed by atoms with Crippen molar-refractivity contribution in [3.63, 3.8) is 0 Å². The fraction of sp³-hybridized carbons (Fsp3) is 0.308. The number of hydrogen-bond acceptors (Lipinski definition) is 4. The fourth-order valence-electron chi connectivity index (χ4n) is 4.44. The minimum absolute atomic E-state index is 0.270. The van der Waals surface area contributed by atoms with E-state index in [1.54, 1.807) is 0 Å². The number of halogens is 1. The van der Waals surface area contributed by atoms with Gasteiger partial charge in [0.05, 0.1) is 6.04 Å². The van der Waals surface area contributed by atoms with Gasteiger partial charge in [0.2, 0.25) is 0 Å². The first kappa shape index (κ1) is 21.5. The minimum atomic E-state index is 0.270. The zero-order valence-corrected chi connectivity index (χ0v) is 18.9. The number of nitrogen functional groups attached to an aromatic ring is 2. The van der Waals surface area contributed by atoms with Crippen molar-refractivity contribution in [3.05, 3.63) is 88.4 Å². The van der Waals surface area contributed by atoms with Gasteiger partial charge in [-0.05, 0) is 72.0 Å². The fourth-order valence-corrected chi connectivity index (χ4v) is 4.57. The van der Waals surface area contributed by atoms with Gasteiger partial charge in [-0.3, -0.25) is 4.90 Å². The summed E-state index contributed by atoms with van der Waals surface area (Å²) >= 11 is 6.18. The monoisotopic (exact) mass is 434 g/mol. The van der Waals surface area contributed by atoms with Crippen LogP contribution in [0.15, 0.2) is 66.7 Å². The predicted octanol–water partition coefficient (Wildman–Crippen LogP) is 5.17. The summed E-state index contributed by atoms with van der Waals surface area (Å²) in [6, 6.07) is 23.1. The SMILES string of the molecule is CCc1cc(N)ccc1N1CCN(CCc2ccc(N)cc2)C[C@H]1c1ccc(Cl)cc1. The summed E-state index contributed by atoms with van der Waals surface area (Å²) in [7, 11) is 0. The molecule has 31 heavy (non-hydrogen) atoms. The lowest BCUT2D eigenvalue weighted by Gasteiger charge is -2.44. The Morgan fingerprint density at radius 3 is 2.32 bits per heavy atom. The van der Waals surface area contributed by atoms with E-state index in [0.29, 0.717) is 0 Å². The van der Waals surface area contributed by atoms with Crippen LogP contribution < -0.4 is 16.4 Å². The maximum absolute atomic E-state index is 6.18. The molecule has 4 N–H and O–H groups in total. The highest BCUT2D eigenvalue weighted by Crippen LogP contribution is 2.34. The molecule has 162 valence electrons. The Balaban J connectivity index is 1.56. The summed E-state index contributed by atoms with van der Waals surface area (Å²) in [6.07, 6.45) is 1.99. The molecule has 5 heteroatoms. The molecule has 1 aliphatic rings. The van der Waals surface area contributed by atoms with Crippen LogP contribution in [-0.2, 0) is 12.8 Å². The summed E-state index contributed by atoms with van der Waals surface area (Å²) in [5.74, 6) is 0. The van der Waals surface area contributed by atoms with Crippen molar-refractivity contribution < 1.29 is 0 Å². The van der Waals surface area contributed by atoms with E-state index in [1.807, 2.05) is 30.3 Å². The van der Waals surface area contributed by atoms with Crippen molar-refractivity contribution in [1.29, 1.82) is 0 Å². The molecule has 0 amide bonds. The lowest BCUT2D eigenvalue weighted by Crippen LogP contribution is -2.49. The van der Waals surface area contributed by atoms with Gasteiger partial charge >= 0.3 is 0 Å². The molecule has 4 rings (SSSR count). The van der Waals surface area contributed by atoms with Crippen molar-refractivity contribution >= 4 is 28.7 Å². The average molecular weight is 435 g/mol. The highest BCUT2D eigenvalue weighted by Gasteiger charge is 2.29. The summed E-state index contributed by atoms with van der Waals surface area (Å²) in [6.45, 7) is 6.21. The topological polar surface area (TPSA) is 58.5 Å². The molecule has 3 aromatic rings. The van der Waals surface area contributed by atoms with E-state index >= 15 is 0 Å². The van der Waals surface area contributed by atoms with E-state index in [0.717, 1.165) is 55.4 Å². The van der Waals surface area contributed by atoms with E-state index < -0.39 is 0 Å². The highest BCUT2D eigenvalue weighted by molar-refractivity contribution is 6.30. The van der Waals surface area contributed by atoms with Crippen LogP contribution in [0.25, 0.3) is 0 Å². The molecular weight excluding hydrogens is 404 g/mol. The quantitative estimate of drug-likeness (QED) is 0.525. The second kappa shape index (κ2) is 9.63. The Bertz CT molecular complexity index is 1000. The van der Waals surface area contributed by atoms with Crippen LogP contribution in [0.3, 0.4) is 0 Å². The molecule has 0 aliphatic carbocycles. The molecule has 1 aliphatic heterocycles. The van der Waals surface area contributed by atoms with Crippen LogP contribution in [0.1, 0.15) is 29.7 Å². The molecule has 1 fully saturated rings. The number of nitrogens with zero attached hydrogens (tertiary/aromatic N) is 2. The third kappa shape index (κ3) is 5.15. The lowest BCUT2D eigenvalue weighted by atomic mass is 9.98. The molecule has 0 radical (unpaired) electrons. The zero-order chi connectivity index (χ0) is 21.8. The van der Waals surface area contributed by atoms with Crippen LogP contribution in [0, 0.1) is 0 Å². The van der Waals surface area contributed by atoms with Gasteiger partial charge in [-0.2, -0.15) is 0 Å². The third-order valence-corrected chi connectivity index (χ3v) is 6.46. The van der Waals surface area contributed by atoms with Crippen LogP contribution in [0.4, 0.5) is 17.1 Å². The summed E-state index contributed by atoms with van der Waals surface area (Å²) < 4.78 is 0. The van der Waals surface area contributed by atoms with Gasteiger partial charge in [-0.15, -0.1) is 0 Å². The normalized spacial score (nSPS) is 17.1. The Kier molecular flexibility index (Phi) is 6.69. The second-order valence-corrected chi connectivity index (χ2v) is 8.73. The van der Waals surface area contributed by atoms with Crippen molar-refractivity contribution in [3.8, 4) is 0 Å². The summed E-state index contributed by atoms with van der Waals surface area (Å²) in [5, 5.41) is 0.771. The summed E-state index contributed by atoms with van der Waals surface area (Å²) in [4.78, 5) is 5.11. The molecule has 0 saturated carbocycles. The zero-order valence-electron chi connectivity index (χ0n) is 18.1. The van der Waals surface area contributed by atoms with E-state index in [4.69, 9.17) is 23.1 Å². The number of rotatable bonds is 6. The molecule has 1 heterocycles. The molecular formula is C26H31ClN4. The number of benzene rings is 3. The van der Waals surface area contributed by atoms with Gasteiger partial charge < -0.3 is 16.4 Å². The first-order valence-electron chi connectivity index (χ1n) is 11.0. The van der Waals surface area contributed by atoms with Gasteiger partial charge in [0.15, 0.2) is 0 Å². The first-order valence-corrected chi connectivity index (χ1v) is 11.4. The van der Waals surface area contributed by atoms with Gasteiger partial charge in [0, 0.05) is 48.3 Å². The van der Waals surface area contributed by atoms with Crippen molar-refractivity contribution in [2.45, 2.75) is 25.8 Å². The molecule has 4 nitrogen and oxygen atoms in total. The standard InChI is InChI=1S/C26H31ClN4/c1-2-20-17-24(29)11-12-25(20)31-16-15-30(14-13-19-3-9-23(28)10-4-19)18-26(31)21-5-7-22(27)8-6-21/h3-12,17,26H,2,13-16,18,28-29H2,1H3/t26-/m0/s1. The molecule has 0 aromatic heterocycles. The van der Waals surface area contributed by atoms with E-state index in [1.165, 1.54) is 22.4 Å². The number of hydrogen-bond donors (Lipinski definition) is 2. The molecule has 0 unspecified atom stereocenters. The maximum atomic E-state index is 6.18. The van der Waals surface area contributed by atoms with Gasteiger partial charge in [0.1, 0.15) is 0 Å². The van der Waals surface area contributed by atoms with Gasteiger partial charge in [-0.1, -0.05) is 42.8 Å². The third-order valence-electron chi connectivity index (χ3n) is 6.21. The Labute approximate surface area is 190 Å². The average Bonchev–Trinajstić information content (AvgIpc) is 2.79. The first-order chi connectivity index (χ1) is 15.0. The Morgan fingerprint density at radius 1 is 0.903 bits per heavy atom. The molecule has 0 bridgehead atoms. The smallest absolute Gasteiger partial charge is 0.0670 e. The lowest BCUT2D eigenvalue weighted by molar-refractivity contribution is 0.225. The molecule has 1 atom stereocenters. The van der Waals surface area contributed by atoms with Crippen LogP contribution in [0.2, 0.25) is 5.02 Å². The highest BCUT2D eigenvalue weighted by atomic mass is 35.5. The Hall–Kier alpha value is -2.69. The van der Waals surface area contributed by atoms with E-state index in [-0.39, 0.29) is 6.04 Å².